The maximum atomic E-state index is 9.96. The molecule has 274 valence electrons. The van der Waals surface area contributed by atoms with Gasteiger partial charge in [-0.25, -0.2) is 0 Å². The van der Waals surface area contributed by atoms with E-state index in [2.05, 4.69) is 58.9 Å². The largest absolute Gasteiger partial charge is 0.309 e. The molecular weight excluding hydrogens is 689 g/mol. The number of fused-ring (bicyclic) bond motifs is 9. The maximum Gasteiger partial charge on any atom is 0.0645 e. The summed E-state index contributed by atoms with van der Waals surface area (Å²) in [6, 6.07) is 28.7. The van der Waals surface area contributed by atoms with Crippen LogP contribution in [0.25, 0.3) is 88.4 Å². The van der Waals surface area contributed by atoms with Crippen LogP contribution in [-0.4, -0.2) is 9.13 Å². The fraction of sp³-hybridized carbons (Fsp3) is 0.127. The highest BCUT2D eigenvalue weighted by molar-refractivity contribution is 6.13. The highest BCUT2D eigenvalue weighted by Gasteiger charge is 2.35. The second kappa shape index (κ2) is 12.2. The molecule has 0 spiro atoms. The van der Waals surface area contributed by atoms with Gasteiger partial charge < -0.3 is 9.13 Å². The monoisotopic (exact) mass is 744 g/mol. The molecule has 2 aromatic heterocycles. The van der Waals surface area contributed by atoms with Crippen molar-refractivity contribution in [1.29, 1.82) is 0 Å². The predicted molar refractivity (Wildman–Crippen MR) is 242 cm³/mol. The summed E-state index contributed by atoms with van der Waals surface area (Å²) in [4.78, 5) is 0. The molecule has 0 aliphatic heterocycles. The van der Waals surface area contributed by atoms with Crippen molar-refractivity contribution in [3.05, 3.63) is 192 Å². The molecular formula is C55H44N2. The van der Waals surface area contributed by atoms with Crippen molar-refractivity contribution in [2.45, 2.75) is 45.4 Å². The molecule has 8 aromatic carbocycles. The molecule has 0 amide bonds. The van der Waals surface area contributed by atoms with Crippen LogP contribution in [0.1, 0.15) is 67.8 Å². The van der Waals surface area contributed by atoms with Crippen LogP contribution >= 0.6 is 0 Å². The molecule has 0 saturated carbocycles. The second-order valence-electron chi connectivity index (χ2n) is 16.5. The summed E-state index contributed by atoms with van der Waals surface area (Å²) in [5, 5.41) is 1.45. The van der Waals surface area contributed by atoms with Crippen molar-refractivity contribution in [3.8, 4) is 44.8 Å². The third kappa shape index (κ3) is 5.10. The summed E-state index contributed by atoms with van der Waals surface area (Å²) in [5.41, 5.74) is 8.95. The highest BCUT2D eigenvalue weighted by Crippen LogP contribution is 2.49. The minimum atomic E-state index is -0.513. The predicted octanol–water partition coefficient (Wildman–Crippen LogP) is 14.8. The molecule has 10 aromatic rings. The van der Waals surface area contributed by atoms with E-state index in [0.29, 0.717) is 33.1 Å². The van der Waals surface area contributed by atoms with E-state index in [0.717, 1.165) is 38.9 Å². The standard InChI is InChI=1S/C55H44N2/c1-54(2,3)39-24-19-35(20-25-39)38-21-27-45-47-32-37(22-29-51(47)56(53(45)33-38)40-13-7-6-8-14-40)36-23-30-52-46(31-36)44-16-10-12-18-50(44)57(52)41-26-28-43-42-15-9-11-17-48(42)55(4,5)49(43)34-41/h6-34H,1-5H3/i6D,7D,8D,10D,12D,13D,14D,16D,18D,23D,30D,31D. The van der Waals surface area contributed by atoms with Crippen molar-refractivity contribution >= 4 is 43.6 Å². The first-order valence-electron chi connectivity index (χ1n) is 25.2. The van der Waals surface area contributed by atoms with Crippen molar-refractivity contribution < 1.29 is 16.4 Å². The smallest absolute Gasteiger partial charge is 0.0645 e. The third-order valence-electron chi connectivity index (χ3n) is 11.8. The summed E-state index contributed by atoms with van der Waals surface area (Å²) in [7, 11) is 0. The first kappa shape index (κ1) is 23.4. The topological polar surface area (TPSA) is 9.86 Å². The molecule has 0 bridgehead atoms. The van der Waals surface area contributed by atoms with Crippen LogP contribution in [-0.2, 0) is 10.8 Å². The molecule has 1 aliphatic rings. The zero-order valence-electron chi connectivity index (χ0n) is 44.2. The number of rotatable bonds is 4. The molecule has 0 unspecified atom stereocenters. The average molecular weight is 745 g/mol. The Bertz CT molecular complexity index is 3900. The molecule has 2 heterocycles. The number of benzene rings is 8. The second-order valence-corrected chi connectivity index (χ2v) is 16.5. The first-order valence-corrected chi connectivity index (χ1v) is 19.2. The van der Waals surface area contributed by atoms with Crippen LogP contribution in [0, 0.1) is 0 Å². The molecule has 57 heavy (non-hydrogen) atoms. The summed E-state index contributed by atoms with van der Waals surface area (Å²) in [6.07, 6.45) is 0. The molecule has 0 saturated heterocycles. The van der Waals surface area contributed by atoms with E-state index >= 15 is 0 Å². The third-order valence-corrected chi connectivity index (χ3v) is 11.8. The lowest BCUT2D eigenvalue weighted by Gasteiger charge is -2.22. The van der Waals surface area contributed by atoms with Crippen molar-refractivity contribution in [2.24, 2.45) is 0 Å². The fourth-order valence-corrected chi connectivity index (χ4v) is 8.86. The average Bonchev–Trinajstić information content (AvgIpc) is 3.94. The van der Waals surface area contributed by atoms with Gasteiger partial charge in [-0.2, -0.15) is 0 Å². The van der Waals surface area contributed by atoms with Crippen molar-refractivity contribution in [1.82, 2.24) is 9.13 Å². The van der Waals surface area contributed by atoms with Crippen LogP contribution in [0.2, 0.25) is 0 Å². The Labute approximate surface area is 351 Å². The minimum absolute atomic E-state index is 0.0352. The van der Waals surface area contributed by atoms with Gasteiger partial charge in [0.2, 0.25) is 0 Å². The first-order chi connectivity index (χ1) is 32.6. The van der Waals surface area contributed by atoms with Crippen LogP contribution < -0.4 is 0 Å². The van der Waals surface area contributed by atoms with Crippen LogP contribution in [0.4, 0.5) is 0 Å². The Hall–Kier alpha value is -6.64. The van der Waals surface area contributed by atoms with E-state index in [1.807, 2.05) is 60.7 Å². The quantitative estimate of drug-likeness (QED) is 0.170. The van der Waals surface area contributed by atoms with E-state index in [4.69, 9.17) is 9.60 Å². The number of para-hydroxylation sites is 2. The van der Waals surface area contributed by atoms with Crippen LogP contribution in [0.5, 0.6) is 0 Å². The Balaban J connectivity index is 1.19. The van der Waals surface area contributed by atoms with Gasteiger partial charge in [0.1, 0.15) is 0 Å². The lowest BCUT2D eigenvalue weighted by atomic mass is 9.82. The van der Waals surface area contributed by atoms with Crippen LogP contribution in [0.3, 0.4) is 0 Å². The van der Waals surface area contributed by atoms with Gasteiger partial charge in [0.05, 0.1) is 38.5 Å². The number of aromatic nitrogens is 2. The van der Waals surface area contributed by atoms with E-state index < -0.39 is 35.6 Å². The van der Waals surface area contributed by atoms with Gasteiger partial charge in [0.25, 0.3) is 0 Å². The number of hydrogen-bond donors (Lipinski definition) is 0. The normalized spacial score (nSPS) is 16.4. The number of hydrogen-bond acceptors (Lipinski definition) is 0. The molecule has 0 fully saturated rings. The maximum absolute atomic E-state index is 9.96. The zero-order valence-corrected chi connectivity index (χ0v) is 32.2. The molecule has 11 rings (SSSR count). The lowest BCUT2D eigenvalue weighted by Crippen LogP contribution is -2.15. The van der Waals surface area contributed by atoms with Gasteiger partial charge in [0.15, 0.2) is 0 Å². The van der Waals surface area contributed by atoms with E-state index in [1.54, 1.807) is 27.3 Å². The summed E-state index contributed by atoms with van der Waals surface area (Å²) in [6.45, 7) is 10.7. The Morgan fingerprint density at radius 3 is 1.96 bits per heavy atom. The van der Waals surface area contributed by atoms with Gasteiger partial charge in [-0.15, -0.1) is 0 Å². The summed E-state index contributed by atoms with van der Waals surface area (Å²) >= 11 is 0. The molecule has 0 atom stereocenters. The van der Waals surface area contributed by atoms with Gasteiger partial charge in [0, 0.05) is 38.3 Å². The van der Waals surface area contributed by atoms with Gasteiger partial charge >= 0.3 is 0 Å². The SMILES string of the molecule is [2H]c1c([2H])c([2H])c(-n2c3ccc(-c4c([2H])c([2H])c5c(c4[2H])c4c([2H])c([2H])c([2H])c([2H])c4n5-c4ccc5c(c4)C(C)(C)c4ccccc4-5)cc3c3ccc(-c4ccc(C(C)(C)C)cc4)cc32)c([2H])c1[2H]. The van der Waals surface area contributed by atoms with E-state index in [-0.39, 0.29) is 80.8 Å². The molecule has 2 nitrogen and oxygen atoms in total. The molecule has 1 aliphatic carbocycles. The van der Waals surface area contributed by atoms with Crippen molar-refractivity contribution in [3.63, 3.8) is 0 Å². The minimum Gasteiger partial charge on any atom is -0.309 e. The van der Waals surface area contributed by atoms with Crippen molar-refractivity contribution in [2.75, 3.05) is 0 Å². The van der Waals surface area contributed by atoms with Gasteiger partial charge in [-0.05, 0) is 116 Å². The summed E-state index contributed by atoms with van der Waals surface area (Å²) < 4.78 is 112. The molecule has 0 radical (unpaired) electrons. The van der Waals surface area contributed by atoms with Crippen LogP contribution in [0.15, 0.2) is 176 Å². The van der Waals surface area contributed by atoms with Gasteiger partial charge in [-0.1, -0.05) is 150 Å². The number of nitrogens with zero attached hydrogens (tertiary/aromatic N) is 2. The molecule has 0 N–H and O–H groups in total. The Morgan fingerprint density at radius 2 is 1.14 bits per heavy atom. The fourth-order valence-electron chi connectivity index (χ4n) is 8.86. The van der Waals surface area contributed by atoms with E-state index in [9.17, 15) is 6.85 Å². The van der Waals surface area contributed by atoms with Gasteiger partial charge in [-0.3, -0.25) is 0 Å². The Morgan fingerprint density at radius 1 is 0.456 bits per heavy atom. The summed E-state index contributed by atoms with van der Waals surface area (Å²) in [5.74, 6) is 0. The zero-order chi connectivity index (χ0) is 49.1. The van der Waals surface area contributed by atoms with E-state index in [1.165, 1.54) is 0 Å². The lowest BCUT2D eigenvalue weighted by molar-refractivity contribution is 0.590. The Kier molecular flexibility index (Phi) is 5.01. The molecule has 2 heteroatoms. The highest BCUT2D eigenvalue weighted by atomic mass is 15.0.